The van der Waals surface area contributed by atoms with Gasteiger partial charge in [-0.3, -0.25) is 9.21 Å². The zero-order valence-corrected chi connectivity index (χ0v) is 15.7. The molecule has 4 nitrogen and oxygen atoms in total. The fourth-order valence-electron chi connectivity index (χ4n) is 4.03. The van der Waals surface area contributed by atoms with Crippen molar-refractivity contribution in [1.82, 2.24) is 4.90 Å². The number of fused-ring (bicyclic) bond motifs is 2. The normalized spacial score (nSPS) is 22.0. The molecule has 4 rings (SSSR count). The van der Waals surface area contributed by atoms with Crippen LogP contribution in [0.25, 0.3) is 0 Å². The molecular formula is C18H22N2O2S2. The van der Waals surface area contributed by atoms with Crippen LogP contribution in [0.4, 0.5) is 5.69 Å². The Hall–Kier alpha value is -1.37. The number of likely N-dealkylation sites (tertiary alicyclic amines) is 1. The molecular weight excluding hydrogens is 340 g/mol. The highest BCUT2D eigenvalue weighted by atomic mass is 32.2. The Morgan fingerprint density at radius 3 is 2.54 bits per heavy atom. The monoisotopic (exact) mass is 362 g/mol. The van der Waals surface area contributed by atoms with Gasteiger partial charge in [0.2, 0.25) is 10.0 Å². The summed E-state index contributed by atoms with van der Waals surface area (Å²) in [6, 6.07) is 9.94. The Morgan fingerprint density at radius 1 is 1.17 bits per heavy atom. The molecule has 0 atom stereocenters. The van der Waals surface area contributed by atoms with E-state index in [2.05, 4.69) is 23.3 Å². The average molecular weight is 363 g/mol. The number of benzene rings is 1. The number of sulfonamides is 1. The van der Waals surface area contributed by atoms with Crippen LogP contribution in [0.15, 0.2) is 35.7 Å². The summed E-state index contributed by atoms with van der Waals surface area (Å²) in [6.45, 7) is 4.71. The number of rotatable bonds is 2. The highest BCUT2D eigenvalue weighted by molar-refractivity contribution is 7.94. The second-order valence-electron chi connectivity index (χ2n) is 6.79. The molecule has 0 aliphatic carbocycles. The molecule has 0 unspecified atom stereocenters. The summed E-state index contributed by atoms with van der Waals surface area (Å²) in [5, 5.41) is 2.13. The minimum absolute atomic E-state index is 0.668. The third-order valence-corrected chi connectivity index (χ3v) is 9.13. The van der Waals surface area contributed by atoms with Crippen LogP contribution >= 0.6 is 11.3 Å². The lowest BCUT2D eigenvalue weighted by atomic mass is 9.87. The van der Waals surface area contributed by atoms with Crippen molar-refractivity contribution < 1.29 is 8.42 Å². The first-order valence-electron chi connectivity index (χ1n) is 8.29. The van der Waals surface area contributed by atoms with Crippen LogP contribution < -0.4 is 4.31 Å². The minimum Gasteiger partial charge on any atom is -0.298 e. The number of aryl methyl sites for hydroxylation is 1. The van der Waals surface area contributed by atoms with E-state index in [4.69, 9.17) is 0 Å². The summed E-state index contributed by atoms with van der Waals surface area (Å²) < 4.78 is 27.0. The van der Waals surface area contributed by atoms with Crippen LogP contribution in [-0.2, 0) is 21.3 Å². The van der Waals surface area contributed by atoms with Gasteiger partial charge in [-0.05, 0) is 48.4 Å². The van der Waals surface area contributed by atoms with E-state index in [1.807, 2.05) is 24.3 Å². The largest absolute Gasteiger partial charge is 0.298 e. The van der Waals surface area contributed by atoms with Gasteiger partial charge >= 0.3 is 0 Å². The molecule has 128 valence electrons. The van der Waals surface area contributed by atoms with Gasteiger partial charge in [0.1, 0.15) is 4.75 Å². The third-order valence-electron chi connectivity index (χ3n) is 5.59. The van der Waals surface area contributed by atoms with Gasteiger partial charge in [0.25, 0.3) is 0 Å². The van der Waals surface area contributed by atoms with Crippen molar-refractivity contribution in [2.75, 3.05) is 24.4 Å². The van der Waals surface area contributed by atoms with Gasteiger partial charge < -0.3 is 0 Å². The second kappa shape index (κ2) is 5.58. The molecule has 2 aliphatic heterocycles. The van der Waals surface area contributed by atoms with Crippen LogP contribution in [0.1, 0.15) is 28.8 Å². The van der Waals surface area contributed by atoms with Crippen LogP contribution in [0.2, 0.25) is 0 Å². The lowest BCUT2D eigenvalue weighted by molar-refractivity contribution is 0.190. The van der Waals surface area contributed by atoms with E-state index in [0.29, 0.717) is 12.8 Å². The summed E-state index contributed by atoms with van der Waals surface area (Å²) in [5.41, 5.74) is 3.17. The zero-order chi connectivity index (χ0) is 16.9. The number of anilines is 1. The number of hydrogen-bond donors (Lipinski definition) is 0. The molecule has 6 heteroatoms. The lowest BCUT2D eigenvalue weighted by Gasteiger charge is -2.38. The fraction of sp³-hybridized carbons (Fsp3) is 0.444. The van der Waals surface area contributed by atoms with Crippen molar-refractivity contribution >= 4 is 27.0 Å². The van der Waals surface area contributed by atoms with Gasteiger partial charge in [-0.1, -0.05) is 18.2 Å². The molecule has 1 fully saturated rings. The Kier molecular flexibility index (Phi) is 3.74. The van der Waals surface area contributed by atoms with Gasteiger partial charge in [0, 0.05) is 31.6 Å². The molecule has 0 amide bonds. The van der Waals surface area contributed by atoms with Crippen LogP contribution in [0.5, 0.6) is 0 Å². The van der Waals surface area contributed by atoms with Crippen molar-refractivity contribution in [2.45, 2.75) is 31.1 Å². The lowest BCUT2D eigenvalue weighted by Crippen LogP contribution is -2.47. The van der Waals surface area contributed by atoms with E-state index in [0.717, 1.165) is 30.9 Å². The van der Waals surface area contributed by atoms with Crippen LogP contribution in [0.3, 0.4) is 0 Å². The Balaban J connectivity index is 1.61. The Bertz CT molecular complexity index is 865. The zero-order valence-electron chi connectivity index (χ0n) is 14.0. The van der Waals surface area contributed by atoms with E-state index < -0.39 is 14.8 Å². The molecule has 0 saturated carbocycles. The SMILES string of the molecule is Cc1ccsc1CN1CCC2(CC1)c1ccccc1N(C)S2(=O)=O. The molecule has 2 aliphatic rings. The van der Waals surface area contributed by atoms with Crippen molar-refractivity contribution in [3.8, 4) is 0 Å². The van der Waals surface area contributed by atoms with Crippen molar-refractivity contribution in [2.24, 2.45) is 0 Å². The molecule has 0 bridgehead atoms. The summed E-state index contributed by atoms with van der Waals surface area (Å²) in [7, 11) is -1.65. The number of thiophene rings is 1. The number of piperidine rings is 1. The predicted molar refractivity (Wildman–Crippen MR) is 99.0 cm³/mol. The van der Waals surface area contributed by atoms with Gasteiger partial charge in [0.15, 0.2) is 0 Å². The highest BCUT2D eigenvalue weighted by Gasteiger charge is 2.55. The smallest absolute Gasteiger partial charge is 0.245 e. The predicted octanol–water partition coefficient (Wildman–Crippen LogP) is 3.33. The van der Waals surface area contributed by atoms with Gasteiger partial charge in [-0.2, -0.15) is 0 Å². The summed E-state index contributed by atoms with van der Waals surface area (Å²) >= 11 is 1.79. The Morgan fingerprint density at radius 2 is 1.88 bits per heavy atom. The average Bonchev–Trinajstić information content (AvgIpc) is 3.05. The van der Waals surface area contributed by atoms with E-state index >= 15 is 0 Å². The first kappa shape index (κ1) is 16.1. The van der Waals surface area contributed by atoms with Gasteiger partial charge in [0.05, 0.1) is 5.69 Å². The second-order valence-corrected chi connectivity index (χ2v) is 10.1. The third kappa shape index (κ3) is 2.16. The quantitative estimate of drug-likeness (QED) is 0.823. The summed E-state index contributed by atoms with van der Waals surface area (Å²) in [5.74, 6) is 0. The molecule has 1 saturated heterocycles. The van der Waals surface area contributed by atoms with E-state index in [-0.39, 0.29) is 0 Å². The fourth-order valence-corrected chi connectivity index (χ4v) is 7.07. The summed E-state index contributed by atoms with van der Waals surface area (Å²) in [4.78, 5) is 3.78. The molecule has 1 aromatic carbocycles. The molecule has 24 heavy (non-hydrogen) atoms. The van der Waals surface area contributed by atoms with E-state index in [1.165, 1.54) is 14.7 Å². The maximum absolute atomic E-state index is 13.1. The van der Waals surface area contributed by atoms with Gasteiger partial charge in [-0.15, -0.1) is 11.3 Å². The Labute approximate surface area is 147 Å². The minimum atomic E-state index is -3.33. The maximum Gasteiger partial charge on any atom is 0.245 e. The molecule has 3 heterocycles. The first-order valence-corrected chi connectivity index (χ1v) is 10.6. The standard InChI is InChI=1S/C18H22N2O2S2/c1-14-7-12-23-17(14)13-20-10-8-18(9-11-20)15-5-3-4-6-16(15)19(2)24(18,21)22/h3-7,12H,8-11,13H2,1-2H3. The summed E-state index contributed by atoms with van der Waals surface area (Å²) in [6.07, 6.45) is 1.34. The molecule has 1 aromatic heterocycles. The van der Waals surface area contributed by atoms with E-state index in [1.54, 1.807) is 18.4 Å². The number of nitrogens with zero attached hydrogens (tertiary/aromatic N) is 2. The molecule has 2 aromatic rings. The molecule has 0 radical (unpaired) electrons. The van der Waals surface area contributed by atoms with Gasteiger partial charge in [-0.25, -0.2) is 8.42 Å². The molecule has 1 spiro atoms. The van der Waals surface area contributed by atoms with Crippen LogP contribution in [0, 0.1) is 6.92 Å². The van der Waals surface area contributed by atoms with Crippen molar-refractivity contribution in [1.29, 1.82) is 0 Å². The molecule has 0 N–H and O–H groups in total. The maximum atomic E-state index is 13.1. The number of hydrogen-bond acceptors (Lipinski definition) is 4. The van der Waals surface area contributed by atoms with E-state index in [9.17, 15) is 8.42 Å². The highest BCUT2D eigenvalue weighted by Crippen LogP contribution is 2.51. The topological polar surface area (TPSA) is 40.6 Å². The van der Waals surface area contributed by atoms with Crippen molar-refractivity contribution in [3.63, 3.8) is 0 Å². The number of para-hydroxylation sites is 1. The first-order chi connectivity index (χ1) is 11.5. The van der Waals surface area contributed by atoms with Crippen LogP contribution in [-0.4, -0.2) is 33.5 Å². The van der Waals surface area contributed by atoms with Crippen molar-refractivity contribution in [3.05, 3.63) is 51.7 Å².